The third kappa shape index (κ3) is 4.65. The molecule has 0 unspecified atom stereocenters. The molecule has 0 saturated carbocycles. The fraction of sp³-hybridized carbons (Fsp3) is 0.0952. The van der Waals surface area contributed by atoms with Crippen LogP contribution in [-0.4, -0.2) is 46.2 Å². The van der Waals surface area contributed by atoms with Gasteiger partial charge in [-0.1, -0.05) is 12.1 Å². The Morgan fingerprint density at radius 2 is 1.73 bits per heavy atom. The summed E-state index contributed by atoms with van der Waals surface area (Å²) in [6, 6.07) is 12.3. The predicted molar refractivity (Wildman–Crippen MR) is 115 cm³/mol. The molecule has 0 saturated heterocycles. The van der Waals surface area contributed by atoms with Crippen molar-refractivity contribution in [3.63, 3.8) is 0 Å². The summed E-state index contributed by atoms with van der Waals surface area (Å²) < 4.78 is 49.0. The number of amides is 1. The number of halogens is 3. The second-order valence-corrected chi connectivity index (χ2v) is 7.57. The summed E-state index contributed by atoms with van der Waals surface area (Å²) in [6.07, 6.45) is -3.41. The second kappa shape index (κ2) is 8.54. The minimum absolute atomic E-state index is 0.182. The van der Waals surface area contributed by atoms with Gasteiger partial charge in [-0.25, -0.2) is 4.79 Å². The fourth-order valence-electron chi connectivity index (χ4n) is 2.80. The molecule has 1 N–H and O–H groups in total. The van der Waals surface area contributed by atoms with E-state index in [0.717, 1.165) is 0 Å². The van der Waals surface area contributed by atoms with E-state index in [1.165, 1.54) is 37.5 Å². The molecule has 8 nitrogen and oxygen atoms in total. The number of hydrazone groups is 1. The summed E-state index contributed by atoms with van der Waals surface area (Å²) in [5, 5.41) is 10.6. The number of amidine groups is 2. The number of ether oxygens (including phenoxy) is 2. The number of aliphatic imine (C=N–C) groups is 1. The molecule has 2 aromatic rings. The van der Waals surface area contributed by atoms with Gasteiger partial charge in [0.05, 0.1) is 18.2 Å². The minimum Gasteiger partial charge on any atom is -0.497 e. The first kappa shape index (κ1) is 22.3. The van der Waals surface area contributed by atoms with E-state index in [2.05, 4.69) is 10.1 Å². The Morgan fingerprint density at radius 3 is 2.33 bits per heavy atom. The maximum absolute atomic E-state index is 12.9. The number of fused-ring (bicyclic) bond motifs is 1. The molecule has 0 fully saturated rings. The maximum atomic E-state index is 12.9. The zero-order valence-corrected chi connectivity index (χ0v) is 17.5. The molecule has 0 aromatic heterocycles. The van der Waals surface area contributed by atoms with E-state index in [0.29, 0.717) is 21.9 Å². The van der Waals surface area contributed by atoms with Crippen LogP contribution in [0.25, 0.3) is 6.08 Å². The summed E-state index contributed by atoms with van der Waals surface area (Å²) in [5.74, 6) is -1.13. The van der Waals surface area contributed by atoms with E-state index < -0.39 is 28.9 Å². The Bertz CT molecular complexity index is 1240. The molecular weight excluding hydrogens is 461 g/mol. The number of hydrogen-bond donors (Lipinski definition) is 1. The van der Waals surface area contributed by atoms with Crippen molar-refractivity contribution in [2.24, 2.45) is 10.1 Å². The molecule has 4 rings (SSSR count). The van der Waals surface area contributed by atoms with Crippen molar-refractivity contribution in [1.82, 2.24) is 5.01 Å². The Kier molecular flexibility index (Phi) is 5.77. The number of nitrogens with zero attached hydrogens (tertiary/aromatic N) is 3. The monoisotopic (exact) mass is 474 g/mol. The van der Waals surface area contributed by atoms with Crippen LogP contribution in [0, 0.1) is 5.41 Å². The number of benzene rings is 2. The highest BCUT2D eigenvalue weighted by atomic mass is 32.2. The molecule has 2 aliphatic rings. The molecule has 12 heteroatoms. The van der Waals surface area contributed by atoms with Gasteiger partial charge < -0.3 is 9.47 Å². The number of rotatable bonds is 4. The van der Waals surface area contributed by atoms with Crippen LogP contribution < -0.4 is 9.47 Å². The van der Waals surface area contributed by atoms with Crippen molar-refractivity contribution in [1.29, 1.82) is 5.41 Å². The van der Waals surface area contributed by atoms with Crippen LogP contribution in [0.5, 0.6) is 11.5 Å². The Hall–Kier alpha value is -3.93. The molecule has 168 valence electrons. The molecule has 2 aromatic carbocycles. The molecule has 2 heterocycles. The molecule has 33 heavy (non-hydrogen) atoms. The summed E-state index contributed by atoms with van der Waals surface area (Å²) >= 11 is 0.182. The quantitative estimate of drug-likeness (QED) is 0.407. The van der Waals surface area contributed by atoms with Gasteiger partial charge in [0.25, 0.3) is 5.91 Å². The van der Waals surface area contributed by atoms with E-state index in [4.69, 9.17) is 14.9 Å². The highest BCUT2D eigenvalue weighted by Gasteiger charge is 2.46. The van der Waals surface area contributed by atoms with Crippen LogP contribution in [0.2, 0.25) is 0 Å². The first-order chi connectivity index (χ1) is 15.7. The molecular formula is C21H13F3N4O4S. The molecule has 0 bridgehead atoms. The van der Waals surface area contributed by atoms with E-state index in [1.54, 1.807) is 24.3 Å². The first-order valence-electron chi connectivity index (χ1n) is 9.19. The number of hydrogen-bond acceptors (Lipinski definition) is 7. The molecule has 1 amide bonds. The van der Waals surface area contributed by atoms with Gasteiger partial charge in [-0.15, -0.1) is 0 Å². The van der Waals surface area contributed by atoms with Crippen LogP contribution in [0.4, 0.5) is 13.2 Å². The van der Waals surface area contributed by atoms with Crippen LogP contribution in [0.15, 0.2) is 64.2 Å². The van der Waals surface area contributed by atoms with Crippen molar-refractivity contribution in [2.75, 3.05) is 7.11 Å². The zero-order valence-electron chi connectivity index (χ0n) is 16.7. The molecule has 0 radical (unpaired) electrons. The average Bonchev–Trinajstić information content (AvgIpc) is 3.22. The van der Waals surface area contributed by atoms with E-state index in [1.807, 2.05) is 0 Å². The van der Waals surface area contributed by atoms with Crippen LogP contribution in [0.3, 0.4) is 0 Å². The normalized spacial score (nSPS) is 17.0. The predicted octanol–water partition coefficient (Wildman–Crippen LogP) is 4.10. The first-order valence-corrected chi connectivity index (χ1v) is 10.0. The second-order valence-electron chi connectivity index (χ2n) is 6.61. The summed E-state index contributed by atoms with van der Waals surface area (Å²) in [5.41, 5.74) is 0.534. The van der Waals surface area contributed by atoms with Crippen molar-refractivity contribution < 1.29 is 32.2 Å². The van der Waals surface area contributed by atoms with E-state index >= 15 is 0 Å². The Balaban J connectivity index is 1.49. The SMILES string of the molecule is COc1ccc(C(=O)Oc2ccc(/C=C3/C(=N)N4N=C(C(F)(F)F)SC4=NC3=O)cc2)cc1. The number of methoxy groups -OCH3 is 1. The number of esters is 1. The van der Waals surface area contributed by atoms with Crippen molar-refractivity contribution in [3.8, 4) is 11.5 Å². The Morgan fingerprint density at radius 1 is 1.09 bits per heavy atom. The van der Waals surface area contributed by atoms with Crippen LogP contribution in [-0.2, 0) is 4.79 Å². The van der Waals surface area contributed by atoms with E-state index in [9.17, 15) is 22.8 Å². The van der Waals surface area contributed by atoms with Gasteiger partial charge in [0.15, 0.2) is 5.84 Å². The number of carbonyl (C=O) groups is 2. The van der Waals surface area contributed by atoms with Gasteiger partial charge >= 0.3 is 12.1 Å². The zero-order chi connectivity index (χ0) is 23.8. The number of thioether (sulfide) groups is 1. The number of carbonyl (C=O) groups excluding carboxylic acids is 2. The van der Waals surface area contributed by atoms with Crippen LogP contribution >= 0.6 is 11.8 Å². The maximum Gasteiger partial charge on any atom is 0.441 e. The van der Waals surface area contributed by atoms with Crippen molar-refractivity contribution >= 4 is 45.8 Å². The topological polar surface area (TPSA) is 104 Å². The largest absolute Gasteiger partial charge is 0.497 e. The lowest BCUT2D eigenvalue weighted by molar-refractivity contribution is -0.114. The Labute approximate surface area is 188 Å². The van der Waals surface area contributed by atoms with Gasteiger partial charge in [0, 0.05) is 0 Å². The lowest BCUT2D eigenvalue weighted by Gasteiger charge is -2.20. The third-order valence-corrected chi connectivity index (χ3v) is 5.38. The lowest BCUT2D eigenvalue weighted by Crippen LogP contribution is -2.35. The van der Waals surface area contributed by atoms with E-state index in [-0.39, 0.29) is 28.3 Å². The summed E-state index contributed by atoms with van der Waals surface area (Å²) in [7, 11) is 1.51. The van der Waals surface area contributed by atoms with Gasteiger partial charge in [-0.3, -0.25) is 10.2 Å². The van der Waals surface area contributed by atoms with Gasteiger partial charge in [-0.05, 0) is 59.8 Å². The molecule has 0 aliphatic carbocycles. The lowest BCUT2D eigenvalue weighted by atomic mass is 10.1. The number of alkyl halides is 3. The van der Waals surface area contributed by atoms with Gasteiger partial charge in [0.1, 0.15) is 11.5 Å². The van der Waals surface area contributed by atoms with Gasteiger partial charge in [-0.2, -0.15) is 28.3 Å². The fourth-order valence-corrected chi connectivity index (χ4v) is 3.56. The smallest absolute Gasteiger partial charge is 0.441 e. The highest BCUT2D eigenvalue weighted by molar-refractivity contribution is 8.27. The number of nitrogens with one attached hydrogen (secondary N) is 1. The van der Waals surface area contributed by atoms with Crippen molar-refractivity contribution in [3.05, 3.63) is 65.2 Å². The standard InChI is InChI=1S/C21H13F3N4O4S/c1-31-13-8-4-12(5-9-13)18(30)32-14-6-2-11(3-7-14)10-15-16(25)28-20(26-17(15)29)33-19(27-28)21(22,23)24/h2-10,25H,1H3/b15-10-,25-16?. The summed E-state index contributed by atoms with van der Waals surface area (Å²) in [4.78, 5) is 28.1. The molecule has 2 aliphatic heterocycles. The third-order valence-electron chi connectivity index (χ3n) is 4.42. The molecule has 0 atom stereocenters. The average molecular weight is 474 g/mol. The van der Waals surface area contributed by atoms with Gasteiger partial charge in [0.2, 0.25) is 10.2 Å². The van der Waals surface area contributed by atoms with Crippen molar-refractivity contribution in [2.45, 2.75) is 6.18 Å². The summed E-state index contributed by atoms with van der Waals surface area (Å²) in [6.45, 7) is 0. The minimum atomic E-state index is -4.71. The highest BCUT2D eigenvalue weighted by Crippen LogP contribution is 2.35. The van der Waals surface area contributed by atoms with Crippen LogP contribution in [0.1, 0.15) is 15.9 Å². The molecule has 0 spiro atoms.